The Balaban J connectivity index is 1.79. The van der Waals surface area contributed by atoms with Crippen LogP contribution in [0.15, 0.2) is 18.2 Å². The molecule has 3 nitrogen and oxygen atoms in total. The number of nitrogens with one attached hydrogen (secondary N) is 1. The number of benzene rings is 1. The first-order valence-electron chi connectivity index (χ1n) is 7.41. The van der Waals surface area contributed by atoms with Gasteiger partial charge in [-0.25, -0.2) is 4.39 Å². The van der Waals surface area contributed by atoms with Crippen molar-refractivity contribution in [2.75, 3.05) is 26.7 Å². The van der Waals surface area contributed by atoms with Crippen molar-refractivity contribution in [1.82, 2.24) is 10.2 Å². The van der Waals surface area contributed by atoms with E-state index in [-0.39, 0.29) is 11.9 Å². The molecule has 1 aromatic rings. The van der Waals surface area contributed by atoms with E-state index in [4.69, 9.17) is 4.74 Å². The normalized spacial score (nSPS) is 31.3. The molecular weight excluding hydrogens is 255 g/mol. The molecule has 2 fully saturated rings. The molecule has 110 valence electrons. The van der Waals surface area contributed by atoms with Crippen LogP contribution in [0.5, 0.6) is 5.75 Å². The Bertz CT molecular complexity index is 493. The summed E-state index contributed by atoms with van der Waals surface area (Å²) in [4.78, 5) is 2.51. The van der Waals surface area contributed by atoms with Crippen LogP contribution in [0.3, 0.4) is 0 Å². The molecule has 2 aliphatic heterocycles. The molecule has 0 amide bonds. The highest BCUT2D eigenvalue weighted by Crippen LogP contribution is 2.38. The van der Waals surface area contributed by atoms with Gasteiger partial charge in [-0.2, -0.15) is 0 Å². The smallest absolute Gasteiger partial charge is 0.165 e. The molecule has 0 aliphatic carbocycles. The molecule has 0 radical (unpaired) electrons. The Morgan fingerprint density at radius 3 is 2.85 bits per heavy atom. The maximum Gasteiger partial charge on any atom is 0.165 e. The fourth-order valence-electron chi connectivity index (χ4n) is 3.85. The minimum Gasteiger partial charge on any atom is -0.494 e. The fraction of sp³-hybridized carbons (Fsp3) is 0.625. The summed E-state index contributed by atoms with van der Waals surface area (Å²) in [6.45, 7) is 7.81. The first-order chi connectivity index (χ1) is 9.61. The van der Waals surface area contributed by atoms with Crippen LogP contribution < -0.4 is 10.1 Å². The van der Waals surface area contributed by atoms with Gasteiger partial charge in [0.05, 0.1) is 7.11 Å². The average molecular weight is 278 g/mol. The summed E-state index contributed by atoms with van der Waals surface area (Å²) in [5.74, 6) is 1.53. The lowest BCUT2D eigenvalue weighted by Gasteiger charge is -2.31. The summed E-state index contributed by atoms with van der Waals surface area (Å²) >= 11 is 0. The zero-order chi connectivity index (χ0) is 14.3. The van der Waals surface area contributed by atoms with Crippen LogP contribution in [0.4, 0.5) is 4.39 Å². The number of halogens is 1. The first-order valence-corrected chi connectivity index (χ1v) is 7.41. The number of nitrogens with zero attached hydrogens (tertiary/aromatic N) is 1. The molecule has 20 heavy (non-hydrogen) atoms. The third kappa shape index (κ3) is 2.21. The van der Waals surface area contributed by atoms with Crippen molar-refractivity contribution in [2.24, 2.45) is 11.8 Å². The van der Waals surface area contributed by atoms with Gasteiger partial charge in [0, 0.05) is 18.6 Å². The van der Waals surface area contributed by atoms with E-state index in [0.29, 0.717) is 11.8 Å². The Morgan fingerprint density at radius 1 is 1.40 bits per heavy atom. The van der Waals surface area contributed by atoms with Gasteiger partial charge >= 0.3 is 0 Å². The molecule has 0 spiro atoms. The van der Waals surface area contributed by atoms with Gasteiger partial charge in [-0.1, -0.05) is 6.07 Å². The van der Waals surface area contributed by atoms with Crippen LogP contribution >= 0.6 is 0 Å². The number of likely N-dealkylation sites (tertiary alicyclic amines) is 1. The molecule has 2 heterocycles. The third-order valence-corrected chi connectivity index (χ3v) is 5.14. The van der Waals surface area contributed by atoms with Crippen molar-refractivity contribution in [3.63, 3.8) is 0 Å². The van der Waals surface area contributed by atoms with E-state index in [9.17, 15) is 4.39 Å². The lowest BCUT2D eigenvalue weighted by atomic mass is 9.95. The second-order valence-electron chi connectivity index (χ2n) is 6.09. The minimum absolute atomic E-state index is 0.246. The zero-order valence-corrected chi connectivity index (χ0v) is 12.4. The van der Waals surface area contributed by atoms with Crippen LogP contribution in [-0.2, 0) is 0 Å². The van der Waals surface area contributed by atoms with Crippen LogP contribution in [-0.4, -0.2) is 37.7 Å². The molecule has 1 aromatic carbocycles. The summed E-state index contributed by atoms with van der Waals surface area (Å²) in [6, 6.07) is 6.12. The summed E-state index contributed by atoms with van der Waals surface area (Å²) < 4.78 is 18.9. The van der Waals surface area contributed by atoms with Gasteiger partial charge in [0.15, 0.2) is 11.6 Å². The molecule has 2 aliphatic rings. The topological polar surface area (TPSA) is 24.5 Å². The quantitative estimate of drug-likeness (QED) is 0.919. The van der Waals surface area contributed by atoms with Gasteiger partial charge in [-0.05, 0) is 56.5 Å². The largest absolute Gasteiger partial charge is 0.494 e. The van der Waals surface area contributed by atoms with Crippen LogP contribution in [0.25, 0.3) is 0 Å². The predicted octanol–water partition coefficient (Wildman–Crippen LogP) is 2.44. The molecule has 3 rings (SSSR count). The number of hydrogen-bond acceptors (Lipinski definition) is 3. The van der Waals surface area contributed by atoms with Crippen LogP contribution in [0.1, 0.15) is 25.5 Å². The molecule has 2 saturated heterocycles. The molecule has 0 saturated carbocycles. The van der Waals surface area contributed by atoms with E-state index in [0.717, 1.165) is 37.0 Å². The van der Waals surface area contributed by atoms with Gasteiger partial charge in [0.25, 0.3) is 0 Å². The van der Waals surface area contributed by atoms with Gasteiger partial charge in [0.1, 0.15) is 0 Å². The standard InChI is InChI=1S/C16H23FN2O/c1-10(12-4-5-16(20-3)15(17)6-12)19-9-13-7-18-8-14(13)11(19)2/h4-6,10-11,13-14,18H,7-9H2,1-3H3. The fourth-order valence-corrected chi connectivity index (χ4v) is 3.85. The Morgan fingerprint density at radius 2 is 2.20 bits per heavy atom. The maximum absolute atomic E-state index is 13.9. The number of fused-ring (bicyclic) bond motifs is 1. The minimum atomic E-state index is -0.273. The average Bonchev–Trinajstić information content (AvgIpc) is 3.01. The molecule has 1 N–H and O–H groups in total. The van der Waals surface area contributed by atoms with E-state index in [2.05, 4.69) is 24.1 Å². The molecule has 4 atom stereocenters. The van der Waals surface area contributed by atoms with Crippen molar-refractivity contribution in [1.29, 1.82) is 0 Å². The Kier molecular flexibility index (Phi) is 3.69. The number of hydrogen-bond donors (Lipinski definition) is 1. The van der Waals surface area contributed by atoms with E-state index in [1.807, 2.05) is 6.07 Å². The zero-order valence-electron chi connectivity index (χ0n) is 12.4. The Labute approximate surface area is 120 Å². The highest BCUT2D eigenvalue weighted by Gasteiger charge is 2.43. The summed E-state index contributed by atoms with van der Waals surface area (Å²) in [5.41, 5.74) is 1.03. The monoisotopic (exact) mass is 278 g/mol. The number of rotatable bonds is 3. The van der Waals surface area contributed by atoms with E-state index in [1.54, 1.807) is 12.1 Å². The van der Waals surface area contributed by atoms with E-state index >= 15 is 0 Å². The van der Waals surface area contributed by atoms with Crippen LogP contribution in [0.2, 0.25) is 0 Å². The second-order valence-corrected chi connectivity index (χ2v) is 6.09. The highest BCUT2D eigenvalue weighted by atomic mass is 19.1. The summed E-state index contributed by atoms with van der Waals surface area (Å²) in [6.07, 6.45) is 0. The summed E-state index contributed by atoms with van der Waals surface area (Å²) in [7, 11) is 1.50. The summed E-state index contributed by atoms with van der Waals surface area (Å²) in [5, 5.41) is 3.47. The van der Waals surface area contributed by atoms with Crippen molar-refractivity contribution in [2.45, 2.75) is 25.9 Å². The van der Waals surface area contributed by atoms with Crippen molar-refractivity contribution < 1.29 is 9.13 Å². The molecule has 4 unspecified atom stereocenters. The van der Waals surface area contributed by atoms with Gasteiger partial charge in [-0.3, -0.25) is 4.90 Å². The van der Waals surface area contributed by atoms with Crippen LogP contribution in [0, 0.1) is 17.7 Å². The molecule has 0 bridgehead atoms. The second kappa shape index (κ2) is 5.34. The predicted molar refractivity (Wildman–Crippen MR) is 77.4 cm³/mol. The lowest BCUT2D eigenvalue weighted by molar-refractivity contribution is 0.182. The van der Waals surface area contributed by atoms with E-state index < -0.39 is 0 Å². The highest BCUT2D eigenvalue weighted by molar-refractivity contribution is 5.31. The number of methoxy groups -OCH3 is 1. The lowest BCUT2D eigenvalue weighted by Crippen LogP contribution is -2.35. The maximum atomic E-state index is 13.9. The van der Waals surface area contributed by atoms with Gasteiger partial charge in [-0.15, -0.1) is 0 Å². The van der Waals surface area contributed by atoms with Crippen molar-refractivity contribution in [3.8, 4) is 5.75 Å². The van der Waals surface area contributed by atoms with E-state index in [1.165, 1.54) is 7.11 Å². The van der Waals surface area contributed by atoms with Gasteiger partial charge in [0.2, 0.25) is 0 Å². The molecular formula is C16H23FN2O. The molecule has 4 heteroatoms. The van der Waals surface area contributed by atoms with Gasteiger partial charge < -0.3 is 10.1 Å². The Hall–Kier alpha value is -1.13. The van der Waals surface area contributed by atoms with Crippen molar-refractivity contribution >= 4 is 0 Å². The third-order valence-electron chi connectivity index (χ3n) is 5.14. The first kappa shape index (κ1) is 13.8. The van der Waals surface area contributed by atoms with Crippen molar-refractivity contribution in [3.05, 3.63) is 29.6 Å². The molecule has 0 aromatic heterocycles. The SMILES string of the molecule is COc1ccc(C(C)N2CC3CNCC3C2C)cc1F. The number of ether oxygens (including phenoxy) is 1.